The number of carbonyl (C=O) groups is 3. The lowest BCUT2D eigenvalue weighted by molar-refractivity contribution is -0.870. The summed E-state index contributed by atoms with van der Waals surface area (Å²) < 4.78 is 22.7. The van der Waals surface area contributed by atoms with Crippen LogP contribution in [0.3, 0.4) is 0 Å². The maximum atomic E-state index is 12.8. The van der Waals surface area contributed by atoms with E-state index >= 15 is 0 Å². The van der Waals surface area contributed by atoms with Gasteiger partial charge in [-0.05, 0) is 103 Å². The van der Waals surface area contributed by atoms with Crippen LogP contribution in [0.1, 0.15) is 155 Å². The van der Waals surface area contributed by atoms with E-state index in [1.165, 1.54) is 6.42 Å². The molecule has 0 radical (unpaired) electrons. The molecule has 0 saturated carbocycles. The Bertz CT molecular complexity index is 1470. The molecular formula is C56H90NO8+. The van der Waals surface area contributed by atoms with E-state index in [4.69, 9.17) is 18.9 Å². The van der Waals surface area contributed by atoms with Gasteiger partial charge < -0.3 is 28.5 Å². The molecule has 0 bridgehead atoms. The molecule has 0 spiro atoms. The SMILES string of the molecule is CC/C=C\C/C=C\C/C=C\C/C=C\C/C=C\C/C=C\C/C=C\C/C=C\CCCCC(=O)OC(COC(=O)CCCCCCC/C=C\C/C=C\CCC)COC(OCC[N+](C)(C)C)C(=O)O. The third-order valence-corrected chi connectivity index (χ3v) is 9.68. The highest BCUT2D eigenvalue weighted by Crippen LogP contribution is 2.11. The van der Waals surface area contributed by atoms with Gasteiger partial charge in [0.25, 0.3) is 6.29 Å². The van der Waals surface area contributed by atoms with Gasteiger partial charge in [-0.15, -0.1) is 0 Å². The van der Waals surface area contributed by atoms with Crippen LogP contribution in [0.15, 0.2) is 122 Å². The highest BCUT2D eigenvalue weighted by molar-refractivity contribution is 5.71. The zero-order valence-electron chi connectivity index (χ0n) is 41.3. The van der Waals surface area contributed by atoms with Crippen molar-refractivity contribution in [2.24, 2.45) is 0 Å². The normalized spacial score (nSPS) is 13.9. The predicted octanol–water partition coefficient (Wildman–Crippen LogP) is 13.8. The fourth-order valence-electron chi connectivity index (χ4n) is 5.89. The van der Waals surface area contributed by atoms with Crippen LogP contribution in [0.2, 0.25) is 0 Å². The molecule has 0 heterocycles. The summed E-state index contributed by atoms with van der Waals surface area (Å²) in [6.45, 7) is 4.59. The number of carboxylic acid groups (broad SMARTS) is 1. The minimum absolute atomic E-state index is 0.169. The zero-order chi connectivity index (χ0) is 47.7. The van der Waals surface area contributed by atoms with E-state index in [1.807, 2.05) is 21.1 Å². The highest BCUT2D eigenvalue weighted by Gasteiger charge is 2.25. The Morgan fingerprint density at radius 2 is 0.877 bits per heavy atom. The lowest BCUT2D eigenvalue weighted by atomic mass is 10.1. The number of esters is 2. The van der Waals surface area contributed by atoms with Crippen LogP contribution in [0, 0.1) is 0 Å². The third kappa shape index (κ3) is 47.5. The Morgan fingerprint density at radius 1 is 0.477 bits per heavy atom. The lowest BCUT2D eigenvalue weighted by Gasteiger charge is -2.25. The standard InChI is InChI=1S/C56H89NO8/c1-6-8-10-12-14-16-18-20-21-22-23-24-25-26-27-28-29-30-31-32-33-35-37-39-41-43-45-47-54(59)65-52(51-64-56(55(60)61)62-49-48-57(3,4)5)50-63-53(58)46-44-42-40-38-36-34-19-17-15-13-11-9-7-2/h8,10-11,13-14,16-17,19-21,23-24,26-27,29-30,32-33,37,39,52,56H,6-7,9,12,15,18,22,25,28,31,34-36,38,40-51H2,1-5H3/p+1/b10-8-,13-11-,16-14-,19-17-,21-20-,24-23-,27-26-,30-29-,33-32-,39-37-. The number of aliphatic carboxylic acids is 1. The number of quaternary nitrogens is 1. The Balaban J connectivity index is 4.48. The summed E-state index contributed by atoms with van der Waals surface area (Å²) >= 11 is 0. The number of carbonyl (C=O) groups excluding carboxylic acids is 2. The number of rotatable bonds is 43. The van der Waals surface area contributed by atoms with Crippen molar-refractivity contribution in [3.8, 4) is 0 Å². The van der Waals surface area contributed by atoms with Gasteiger partial charge in [0.1, 0.15) is 13.2 Å². The summed E-state index contributed by atoms with van der Waals surface area (Å²) in [6, 6.07) is 0. The van der Waals surface area contributed by atoms with Crippen molar-refractivity contribution in [2.75, 3.05) is 47.5 Å². The molecule has 9 heteroatoms. The minimum atomic E-state index is -1.53. The molecule has 0 rings (SSSR count). The summed E-state index contributed by atoms with van der Waals surface area (Å²) in [5.74, 6) is -2.11. The second-order valence-electron chi connectivity index (χ2n) is 17.0. The van der Waals surface area contributed by atoms with Crippen molar-refractivity contribution in [2.45, 2.75) is 167 Å². The molecule has 9 nitrogen and oxygen atoms in total. The number of likely N-dealkylation sites (N-methyl/N-ethyl adjacent to an activating group) is 1. The van der Waals surface area contributed by atoms with Gasteiger partial charge in [0.2, 0.25) is 0 Å². The second-order valence-corrected chi connectivity index (χ2v) is 17.0. The molecule has 0 aliphatic heterocycles. The molecule has 0 aliphatic rings. The highest BCUT2D eigenvalue weighted by atomic mass is 16.7. The quantitative estimate of drug-likeness (QED) is 0.0212. The number of nitrogens with zero attached hydrogens (tertiary/aromatic N) is 1. The van der Waals surface area contributed by atoms with Crippen LogP contribution >= 0.6 is 0 Å². The maximum absolute atomic E-state index is 12.8. The van der Waals surface area contributed by atoms with Gasteiger partial charge in [0.05, 0.1) is 34.4 Å². The molecular weight excluding hydrogens is 815 g/mol. The van der Waals surface area contributed by atoms with E-state index in [-0.39, 0.29) is 38.6 Å². The molecule has 1 N–H and O–H groups in total. The van der Waals surface area contributed by atoms with Crippen LogP contribution in [0.4, 0.5) is 0 Å². The number of carboxylic acids is 1. The van der Waals surface area contributed by atoms with Crippen LogP contribution in [0.5, 0.6) is 0 Å². The van der Waals surface area contributed by atoms with E-state index in [0.29, 0.717) is 23.9 Å². The number of allylic oxidation sites excluding steroid dienone is 20. The molecule has 0 saturated heterocycles. The summed E-state index contributed by atoms with van der Waals surface area (Å²) in [5.41, 5.74) is 0. The van der Waals surface area contributed by atoms with Gasteiger partial charge in [-0.3, -0.25) is 9.59 Å². The Hall–Kier alpha value is -4.31. The molecule has 0 fully saturated rings. The number of unbranched alkanes of at least 4 members (excludes halogenated alkanes) is 8. The van der Waals surface area contributed by atoms with Gasteiger partial charge in [-0.25, -0.2) is 4.79 Å². The molecule has 2 atom stereocenters. The molecule has 65 heavy (non-hydrogen) atoms. The average molecular weight is 905 g/mol. The van der Waals surface area contributed by atoms with Crippen LogP contribution in [-0.4, -0.2) is 87.4 Å². The Labute approximate surface area is 396 Å². The fraction of sp³-hybridized carbons (Fsp3) is 0.589. The molecule has 0 aromatic rings. The van der Waals surface area contributed by atoms with E-state index in [1.54, 1.807) is 0 Å². The van der Waals surface area contributed by atoms with Crippen molar-refractivity contribution in [3.63, 3.8) is 0 Å². The van der Waals surface area contributed by atoms with Crippen LogP contribution < -0.4 is 0 Å². The van der Waals surface area contributed by atoms with E-state index < -0.39 is 24.3 Å². The first-order valence-electron chi connectivity index (χ1n) is 24.7. The molecule has 2 unspecified atom stereocenters. The van der Waals surface area contributed by atoms with Gasteiger partial charge in [-0.1, -0.05) is 161 Å². The summed E-state index contributed by atoms with van der Waals surface area (Å²) in [7, 11) is 5.92. The predicted molar refractivity (Wildman–Crippen MR) is 271 cm³/mol. The average Bonchev–Trinajstić information content (AvgIpc) is 3.27. The van der Waals surface area contributed by atoms with Crippen molar-refractivity contribution in [1.82, 2.24) is 0 Å². The number of hydrogen-bond acceptors (Lipinski definition) is 7. The first-order valence-corrected chi connectivity index (χ1v) is 24.7. The number of ether oxygens (including phenoxy) is 4. The smallest absolute Gasteiger partial charge is 0.361 e. The lowest BCUT2D eigenvalue weighted by Crippen LogP contribution is -2.40. The first-order chi connectivity index (χ1) is 31.6. The van der Waals surface area contributed by atoms with Gasteiger partial charge in [-0.2, -0.15) is 0 Å². The van der Waals surface area contributed by atoms with Crippen LogP contribution in [0.25, 0.3) is 0 Å². The van der Waals surface area contributed by atoms with Crippen LogP contribution in [-0.2, 0) is 33.3 Å². The second kappa shape index (κ2) is 46.2. The van der Waals surface area contributed by atoms with Gasteiger partial charge in [0.15, 0.2) is 6.10 Å². The molecule has 0 aliphatic carbocycles. The molecule has 366 valence electrons. The number of hydrogen-bond donors (Lipinski definition) is 1. The largest absolute Gasteiger partial charge is 0.477 e. The van der Waals surface area contributed by atoms with Gasteiger partial charge >= 0.3 is 17.9 Å². The van der Waals surface area contributed by atoms with Crippen molar-refractivity contribution < 1.29 is 42.9 Å². The van der Waals surface area contributed by atoms with E-state index in [9.17, 15) is 19.5 Å². The Kier molecular flexibility index (Phi) is 43.2. The first kappa shape index (κ1) is 60.7. The third-order valence-electron chi connectivity index (χ3n) is 9.68. The molecule has 0 amide bonds. The zero-order valence-corrected chi connectivity index (χ0v) is 41.3. The van der Waals surface area contributed by atoms with Crippen molar-refractivity contribution in [3.05, 3.63) is 122 Å². The Morgan fingerprint density at radius 3 is 1.34 bits per heavy atom. The molecule has 0 aromatic carbocycles. The summed E-state index contributed by atoms with van der Waals surface area (Å²) in [4.78, 5) is 37.2. The van der Waals surface area contributed by atoms with Gasteiger partial charge in [0, 0.05) is 12.8 Å². The van der Waals surface area contributed by atoms with Crippen molar-refractivity contribution in [1.29, 1.82) is 0 Å². The topological polar surface area (TPSA) is 108 Å². The summed E-state index contributed by atoms with van der Waals surface area (Å²) in [5, 5.41) is 9.65. The minimum Gasteiger partial charge on any atom is -0.477 e. The van der Waals surface area contributed by atoms with E-state index in [2.05, 4.69) is 135 Å². The monoisotopic (exact) mass is 905 g/mol. The van der Waals surface area contributed by atoms with E-state index in [0.717, 1.165) is 109 Å². The summed E-state index contributed by atoms with van der Waals surface area (Å²) in [6.07, 6.45) is 61.3. The molecule has 0 aromatic heterocycles. The maximum Gasteiger partial charge on any atom is 0.361 e. The fourth-order valence-corrected chi connectivity index (χ4v) is 5.89. The van der Waals surface area contributed by atoms with Crippen molar-refractivity contribution >= 4 is 17.9 Å².